The summed E-state index contributed by atoms with van der Waals surface area (Å²) in [5.74, 6) is 1.07. The van der Waals surface area contributed by atoms with E-state index in [2.05, 4.69) is 344 Å². The van der Waals surface area contributed by atoms with Crippen LogP contribution in [0.2, 0.25) is 0 Å². The standard InChI is InChI=1S/2C36H28O.C35H26O/c1-3-23(2)26-19-20-27-22-33(29-9-4-5-10-30(29)34(27)21-26)25-17-15-24(16-18-25)28-12-8-13-32-31-11-6-7-14-35(31)37-36(28)32;1-2-3-9-24-16-17-27-23-34(30-11-5-4-10-29(30)33(27)22-24)26-20-18-25(19-21-26)28-13-8-14-32-31-12-6-7-15-35(31)37-36(28)32;1-22(2)25-18-19-26-21-32(28-8-3-4-9-29(28)33(26)20-25)24-16-14-23(15-17-24)27-11-7-12-31-30-10-5-6-13-34(30)36-35(27)31/h4-23H,3H2,1-2H3;4-8,10-23H,2-3,9H2,1H3;3-22H,1-2H3. The van der Waals surface area contributed by atoms with E-state index in [1.54, 1.807) is 0 Å². The highest BCUT2D eigenvalue weighted by Crippen LogP contribution is 2.45. The average Bonchev–Trinajstić information content (AvgIpc) is 1.23. The van der Waals surface area contributed by atoms with Gasteiger partial charge in [0, 0.05) is 49.0 Å². The Morgan fingerprint density at radius 3 is 0.891 bits per heavy atom. The molecule has 3 heterocycles. The van der Waals surface area contributed by atoms with Crippen LogP contribution in [0.3, 0.4) is 0 Å². The average molecular weight is 1420 g/mol. The van der Waals surface area contributed by atoms with Crippen LogP contribution < -0.4 is 0 Å². The summed E-state index contributed by atoms with van der Waals surface area (Å²) in [6, 6.07) is 125. The number of hydrogen-bond acceptors (Lipinski definition) is 3. The fourth-order valence-corrected chi connectivity index (χ4v) is 17.0. The lowest BCUT2D eigenvalue weighted by molar-refractivity contribution is 0.669. The number of benzene rings is 18. The van der Waals surface area contributed by atoms with Crippen molar-refractivity contribution in [1.82, 2.24) is 0 Å². The molecule has 0 aliphatic carbocycles. The Hall–Kier alpha value is -13.1. The van der Waals surface area contributed by atoms with Crippen LogP contribution in [-0.4, -0.2) is 0 Å². The van der Waals surface area contributed by atoms with Gasteiger partial charge in [0.05, 0.1) is 0 Å². The van der Waals surface area contributed by atoms with E-state index in [1.165, 1.54) is 133 Å². The van der Waals surface area contributed by atoms with Gasteiger partial charge >= 0.3 is 0 Å². The zero-order valence-electron chi connectivity index (χ0n) is 62.6. The van der Waals surface area contributed by atoms with Crippen molar-refractivity contribution < 1.29 is 13.3 Å². The minimum Gasteiger partial charge on any atom is -0.455 e. The Morgan fingerprint density at radius 1 is 0.236 bits per heavy atom. The van der Waals surface area contributed by atoms with Gasteiger partial charge < -0.3 is 13.3 Å². The van der Waals surface area contributed by atoms with E-state index >= 15 is 0 Å². The molecule has 18 aromatic carbocycles. The van der Waals surface area contributed by atoms with E-state index < -0.39 is 0 Å². The van der Waals surface area contributed by atoms with Crippen molar-refractivity contribution in [2.45, 2.75) is 72.1 Å². The highest BCUT2D eigenvalue weighted by molar-refractivity contribution is 6.18. The van der Waals surface area contributed by atoms with Gasteiger partial charge in [0.15, 0.2) is 0 Å². The Kier molecular flexibility index (Phi) is 17.5. The monoisotopic (exact) mass is 1410 g/mol. The molecular weight excluding hydrogens is 1330 g/mol. The highest BCUT2D eigenvalue weighted by atomic mass is 16.3. The van der Waals surface area contributed by atoms with E-state index in [-0.39, 0.29) is 0 Å². The Morgan fingerprint density at radius 2 is 0.536 bits per heavy atom. The molecular formula is C107H82O3. The molecule has 3 aromatic heterocycles. The second-order valence-corrected chi connectivity index (χ2v) is 30.1. The van der Waals surface area contributed by atoms with Crippen LogP contribution >= 0.6 is 0 Å². The van der Waals surface area contributed by atoms with Crippen molar-refractivity contribution in [3.63, 3.8) is 0 Å². The molecule has 0 spiro atoms. The van der Waals surface area contributed by atoms with Crippen LogP contribution in [0, 0.1) is 0 Å². The third-order valence-corrected chi connectivity index (χ3v) is 23.1. The fourth-order valence-electron chi connectivity index (χ4n) is 17.0. The number of aryl methyl sites for hydroxylation is 1. The molecule has 0 aliphatic heterocycles. The van der Waals surface area contributed by atoms with Gasteiger partial charge in [-0.1, -0.05) is 350 Å². The van der Waals surface area contributed by atoms with Crippen molar-refractivity contribution in [3.8, 4) is 66.8 Å². The van der Waals surface area contributed by atoms with E-state index in [0.29, 0.717) is 11.8 Å². The molecule has 0 saturated carbocycles. The lowest BCUT2D eigenvalue weighted by atomic mass is 9.89. The van der Waals surface area contributed by atoms with Gasteiger partial charge in [-0.15, -0.1) is 0 Å². The zero-order valence-corrected chi connectivity index (χ0v) is 62.6. The molecule has 0 aliphatic rings. The van der Waals surface area contributed by atoms with Crippen molar-refractivity contribution in [2.24, 2.45) is 0 Å². The maximum absolute atomic E-state index is 6.29. The quantitative estimate of drug-likeness (QED) is 0.114. The molecule has 0 fully saturated rings. The third-order valence-electron chi connectivity index (χ3n) is 23.1. The number of hydrogen-bond donors (Lipinski definition) is 0. The van der Waals surface area contributed by atoms with Crippen LogP contribution in [0.5, 0.6) is 0 Å². The first-order valence-electron chi connectivity index (χ1n) is 39.1. The first-order chi connectivity index (χ1) is 54.2. The van der Waals surface area contributed by atoms with Crippen LogP contribution in [0.4, 0.5) is 0 Å². The van der Waals surface area contributed by atoms with Crippen molar-refractivity contribution >= 4 is 130 Å². The molecule has 0 amide bonds. The molecule has 1 unspecified atom stereocenters. The maximum atomic E-state index is 6.29. The normalized spacial score (nSPS) is 12.1. The summed E-state index contributed by atoms with van der Waals surface area (Å²) < 4.78 is 18.9. The predicted molar refractivity (Wildman–Crippen MR) is 470 cm³/mol. The lowest BCUT2D eigenvalue weighted by Crippen LogP contribution is -1.92. The molecule has 0 radical (unpaired) electrons. The summed E-state index contributed by atoms with van der Waals surface area (Å²) in [6.45, 7) is 11.3. The molecule has 1 atom stereocenters. The topological polar surface area (TPSA) is 39.4 Å². The van der Waals surface area contributed by atoms with E-state index in [9.17, 15) is 0 Å². The SMILES string of the molecule is CC(C)c1ccc2cc(-c3ccc(-c4cccc5c4oc4ccccc45)cc3)c3ccccc3c2c1.CCC(C)c1ccc2cc(-c3ccc(-c4cccc5c4oc4ccccc45)cc3)c3ccccc3c2c1.CCCCc1ccc2cc(-c3ccc(-c4cccc5c4oc4ccccc45)cc3)c3ccccc3c2c1. The summed E-state index contributed by atoms with van der Waals surface area (Å²) in [5, 5.41) is 22.7. The van der Waals surface area contributed by atoms with Gasteiger partial charge in [-0.05, 0) is 199 Å². The second-order valence-electron chi connectivity index (χ2n) is 30.1. The second kappa shape index (κ2) is 28.6. The molecule has 21 rings (SSSR count). The van der Waals surface area contributed by atoms with E-state index in [0.717, 1.165) is 106 Å². The van der Waals surface area contributed by atoms with Crippen molar-refractivity contribution in [3.05, 3.63) is 362 Å². The molecule has 0 N–H and O–H groups in total. The van der Waals surface area contributed by atoms with Crippen molar-refractivity contribution in [2.75, 3.05) is 0 Å². The highest BCUT2D eigenvalue weighted by Gasteiger charge is 2.20. The molecule has 3 nitrogen and oxygen atoms in total. The van der Waals surface area contributed by atoms with Crippen LogP contribution in [0.15, 0.2) is 359 Å². The summed E-state index contributed by atoms with van der Waals surface area (Å²) in [6.07, 6.45) is 4.74. The van der Waals surface area contributed by atoms with Crippen LogP contribution in [-0.2, 0) is 6.42 Å². The first kappa shape index (κ1) is 67.5. The number of para-hydroxylation sites is 6. The Balaban J connectivity index is 0.000000112. The molecule has 3 heteroatoms. The minimum atomic E-state index is 0.511. The summed E-state index contributed by atoms with van der Waals surface area (Å²) in [7, 11) is 0. The number of furan rings is 3. The smallest absolute Gasteiger partial charge is 0.143 e. The van der Waals surface area contributed by atoms with Gasteiger partial charge in [0.2, 0.25) is 0 Å². The molecule has 528 valence electrons. The summed E-state index contributed by atoms with van der Waals surface area (Å²) in [5.41, 5.74) is 24.2. The lowest BCUT2D eigenvalue weighted by Gasteiger charge is -2.15. The number of rotatable bonds is 12. The molecule has 0 bridgehead atoms. The Bertz CT molecular complexity index is 7080. The van der Waals surface area contributed by atoms with Gasteiger partial charge in [-0.2, -0.15) is 0 Å². The zero-order chi connectivity index (χ0) is 73.9. The molecule has 21 aromatic rings. The third kappa shape index (κ3) is 12.2. The first-order valence-corrected chi connectivity index (χ1v) is 39.1. The van der Waals surface area contributed by atoms with Gasteiger partial charge in [-0.25, -0.2) is 0 Å². The maximum Gasteiger partial charge on any atom is 0.143 e. The van der Waals surface area contributed by atoms with Gasteiger partial charge in [-0.3, -0.25) is 0 Å². The van der Waals surface area contributed by atoms with Crippen LogP contribution in [0.1, 0.15) is 82.4 Å². The fraction of sp³-hybridized carbons (Fsp3) is 0.103. The minimum absolute atomic E-state index is 0.511. The number of fused-ring (bicyclic) bond motifs is 18. The largest absolute Gasteiger partial charge is 0.455 e. The summed E-state index contributed by atoms with van der Waals surface area (Å²) >= 11 is 0. The van der Waals surface area contributed by atoms with Gasteiger partial charge in [0.25, 0.3) is 0 Å². The van der Waals surface area contributed by atoms with E-state index in [1.807, 2.05) is 36.4 Å². The van der Waals surface area contributed by atoms with Crippen molar-refractivity contribution in [1.29, 1.82) is 0 Å². The predicted octanol–water partition coefficient (Wildman–Crippen LogP) is 31.7. The number of unbranched alkanes of at least 4 members (excludes halogenated alkanes) is 1. The van der Waals surface area contributed by atoms with E-state index in [4.69, 9.17) is 13.3 Å². The van der Waals surface area contributed by atoms with Gasteiger partial charge in [0.1, 0.15) is 33.5 Å². The Labute approximate surface area is 640 Å². The summed E-state index contributed by atoms with van der Waals surface area (Å²) in [4.78, 5) is 0. The molecule has 110 heavy (non-hydrogen) atoms. The molecule has 0 saturated heterocycles. The van der Waals surface area contributed by atoms with Crippen LogP contribution in [0.25, 0.3) is 197 Å².